The fourth-order valence-electron chi connectivity index (χ4n) is 1.40. The molecule has 0 aliphatic rings. The van der Waals surface area contributed by atoms with Crippen LogP contribution in [0.5, 0.6) is 0 Å². The molecule has 0 rings (SSSR count). The molecule has 1 unspecified atom stereocenters. The molecule has 2 N–H and O–H groups in total. The van der Waals surface area contributed by atoms with E-state index in [9.17, 15) is 0 Å². The van der Waals surface area contributed by atoms with Crippen LogP contribution in [0.4, 0.5) is 0 Å². The molecule has 0 radical (unpaired) electrons. The fourth-order valence-corrected chi connectivity index (χ4v) is 1.40. The van der Waals surface area contributed by atoms with E-state index in [-0.39, 0.29) is 5.54 Å². The lowest BCUT2D eigenvalue weighted by Gasteiger charge is -2.19. The van der Waals surface area contributed by atoms with Crippen molar-refractivity contribution in [3.05, 3.63) is 12.8 Å². The van der Waals surface area contributed by atoms with Gasteiger partial charge in [-0.2, -0.15) is 0 Å². The van der Waals surface area contributed by atoms with E-state index in [2.05, 4.69) is 27.4 Å². The van der Waals surface area contributed by atoms with Gasteiger partial charge in [-0.05, 0) is 32.6 Å². The molecule has 84 valence electrons. The minimum atomic E-state index is -0.0165. The van der Waals surface area contributed by atoms with Crippen molar-refractivity contribution in [2.45, 2.75) is 52.0 Å². The SMILES string of the molecule is C=COCCC(C)CCCC(C)(C)N. The van der Waals surface area contributed by atoms with Gasteiger partial charge in [0.05, 0.1) is 12.9 Å². The molecule has 0 saturated carbocycles. The highest BCUT2D eigenvalue weighted by atomic mass is 16.5. The van der Waals surface area contributed by atoms with E-state index in [1.165, 1.54) is 19.1 Å². The summed E-state index contributed by atoms with van der Waals surface area (Å²) in [6.45, 7) is 10.7. The minimum absolute atomic E-state index is 0.0165. The highest BCUT2D eigenvalue weighted by Gasteiger charge is 2.10. The van der Waals surface area contributed by atoms with Gasteiger partial charge in [0.1, 0.15) is 0 Å². The Balaban J connectivity index is 3.35. The second-order valence-corrected chi connectivity index (χ2v) is 4.81. The largest absolute Gasteiger partial charge is 0.502 e. The molecule has 0 saturated heterocycles. The van der Waals surface area contributed by atoms with Crippen molar-refractivity contribution in [2.24, 2.45) is 11.7 Å². The van der Waals surface area contributed by atoms with E-state index in [4.69, 9.17) is 10.5 Å². The monoisotopic (exact) mass is 199 g/mol. The van der Waals surface area contributed by atoms with Gasteiger partial charge in [-0.1, -0.05) is 26.3 Å². The van der Waals surface area contributed by atoms with Crippen molar-refractivity contribution in [2.75, 3.05) is 6.61 Å². The molecule has 0 fully saturated rings. The number of nitrogens with two attached hydrogens (primary N) is 1. The Hall–Kier alpha value is -0.500. The Bertz CT molecular complexity index is 149. The van der Waals surface area contributed by atoms with Crippen LogP contribution in [0.3, 0.4) is 0 Å². The van der Waals surface area contributed by atoms with Crippen LogP contribution < -0.4 is 5.73 Å². The summed E-state index contributed by atoms with van der Waals surface area (Å²) in [6, 6.07) is 0. The molecule has 2 heteroatoms. The molecule has 0 aromatic carbocycles. The minimum Gasteiger partial charge on any atom is -0.502 e. The zero-order valence-corrected chi connectivity index (χ0v) is 9.88. The highest BCUT2D eigenvalue weighted by molar-refractivity contribution is 4.71. The van der Waals surface area contributed by atoms with Crippen LogP contribution in [0.15, 0.2) is 12.8 Å². The smallest absolute Gasteiger partial charge is 0.0875 e. The molecule has 0 amide bonds. The van der Waals surface area contributed by atoms with E-state index in [1.54, 1.807) is 0 Å². The summed E-state index contributed by atoms with van der Waals surface area (Å²) in [5, 5.41) is 0. The molecular weight excluding hydrogens is 174 g/mol. The van der Waals surface area contributed by atoms with E-state index in [0.717, 1.165) is 25.4 Å². The van der Waals surface area contributed by atoms with Crippen LogP contribution in [-0.4, -0.2) is 12.1 Å². The molecule has 0 aliphatic heterocycles. The number of hydrogen-bond acceptors (Lipinski definition) is 2. The molecule has 0 aromatic heterocycles. The third-order valence-corrected chi connectivity index (χ3v) is 2.36. The van der Waals surface area contributed by atoms with Crippen molar-refractivity contribution in [1.82, 2.24) is 0 Å². The van der Waals surface area contributed by atoms with Gasteiger partial charge in [0.15, 0.2) is 0 Å². The lowest BCUT2D eigenvalue weighted by molar-refractivity contribution is 0.221. The standard InChI is InChI=1S/C12H25NO/c1-5-14-10-8-11(2)7-6-9-12(3,4)13/h5,11H,1,6-10,13H2,2-4H3. The number of rotatable bonds is 8. The fraction of sp³-hybridized carbons (Fsp3) is 0.833. The topological polar surface area (TPSA) is 35.2 Å². The zero-order valence-electron chi connectivity index (χ0n) is 9.88. The normalized spacial score (nSPS) is 13.7. The summed E-state index contributed by atoms with van der Waals surface area (Å²) in [5.41, 5.74) is 5.89. The summed E-state index contributed by atoms with van der Waals surface area (Å²) < 4.78 is 5.09. The molecule has 0 spiro atoms. The van der Waals surface area contributed by atoms with E-state index < -0.39 is 0 Å². The predicted molar refractivity (Wildman–Crippen MR) is 62.0 cm³/mol. The first-order valence-electron chi connectivity index (χ1n) is 5.47. The predicted octanol–water partition coefficient (Wildman–Crippen LogP) is 3.08. The third kappa shape index (κ3) is 9.59. The third-order valence-electron chi connectivity index (χ3n) is 2.36. The van der Waals surface area contributed by atoms with Gasteiger partial charge in [-0.3, -0.25) is 0 Å². The van der Waals surface area contributed by atoms with Gasteiger partial charge in [0.25, 0.3) is 0 Å². The second kappa shape index (κ2) is 6.88. The summed E-state index contributed by atoms with van der Waals surface area (Å²) in [6.07, 6.45) is 6.16. The maximum absolute atomic E-state index is 5.91. The molecule has 14 heavy (non-hydrogen) atoms. The van der Waals surface area contributed by atoms with E-state index in [0.29, 0.717) is 0 Å². The van der Waals surface area contributed by atoms with Gasteiger partial charge < -0.3 is 10.5 Å². The molecule has 0 bridgehead atoms. The Kier molecular flexibility index (Phi) is 6.64. The van der Waals surface area contributed by atoms with Gasteiger partial charge in [0.2, 0.25) is 0 Å². The second-order valence-electron chi connectivity index (χ2n) is 4.81. The maximum Gasteiger partial charge on any atom is 0.0875 e. The van der Waals surface area contributed by atoms with E-state index in [1.807, 2.05) is 0 Å². The van der Waals surface area contributed by atoms with Crippen molar-refractivity contribution in [3.63, 3.8) is 0 Å². The van der Waals surface area contributed by atoms with E-state index >= 15 is 0 Å². The molecular formula is C12H25NO. The van der Waals surface area contributed by atoms with Crippen LogP contribution in [0.2, 0.25) is 0 Å². The van der Waals surface area contributed by atoms with Crippen molar-refractivity contribution < 1.29 is 4.74 Å². The summed E-state index contributed by atoms with van der Waals surface area (Å²) in [4.78, 5) is 0. The lowest BCUT2D eigenvalue weighted by atomic mass is 9.94. The highest BCUT2D eigenvalue weighted by Crippen LogP contribution is 2.16. The van der Waals surface area contributed by atoms with Gasteiger partial charge in [0, 0.05) is 5.54 Å². The van der Waals surface area contributed by atoms with Crippen molar-refractivity contribution in [3.8, 4) is 0 Å². The van der Waals surface area contributed by atoms with Crippen LogP contribution in [-0.2, 0) is 4.74 Å². The number of hydrogen-bond donors (Lipinski definition) is 1. The van der Waals surface area contributed by atoms with Crippen LogP contribution in [0.1, 0.15) is 46.5 Å². The average molecular weight is 199 g/mol. The Morgan fingerprint density at radius 1 is 1.43 bits per heavy atom. The van der Waals surface area contributed by atoms with Crippen molar-refractivity contribution >= 4 is 0 Å². The molecule has 1 atom stereocenters. The molecule has 0 aromatic rings. The average Bonchev–Trinajstić information content (AvgIpc) is 2.02. The zero-order chi connectivity index (χ0) is 11.0. The first kappa shape index (κ1) is 13.5. The summed E-state index contributed by atoms with van der Waals surface area (Å²) in [7, 11) is 0. The Labute approximate surface area is 88.5 Å². The van der Waals surface area contributed by atoms with Crippen LogP contribution >= 0.6 is 0 Å². The molecule has 0 aliphatic carbocycles. The van der Waals surface area contributed by atoms with Gasteiger partial charge in [-0.25, -0.2) is 0 Å². The quantitative estimate of drug-likeness (QED) is 0.481. The van der Waals surface area contributed by atoms with Crippen molar-refractivity contribution in [1.29, 1.82) is 0 Å². The molecule has 2 nitrogen and oxygen atoms in total. The summed E-state index contributed by atoms with van der Waals surface area (Å²) >= 11 is 0. The van der Waals surface area contributed by atoms with Crippen LogP contribution in [0, 0.1) is 5.92 Å². The summed E-state index contributed by atoms with van der Waals surface area (Å²) in [5.74, 6) is 0.720. The molecule has 0 heterocycles. The lowest BCUT2D eigenvalue weighted by Crippen LogP contribution is -2.31. The van der Waals surface area contributed by atoms with Crippen LogP contribution in [0.25, 0.3) is 0 Å². The van der Waals surface area contributed by atoms with Gasteiger partial charge >= 0.3 is 0 Å². The first-order chi connectivity index (χ1) is 6.45. The number of ether oxygens (including phenoxy) is 1. The Morgan fingerprint density at radius 3 is 2.57 bits per heavy atom. The first-order valence-corrected chi connectivity index (χ1v) is 5.47. The van der Waals surface area contributed by atoms with Gasteiger partial charge in [-0.15, -0.1) is 0 Å². The Morgan fingerprint density at radius 2 is 2.07 bits per heavy atom. The maximum atomic E-state index is 5.91.